The Morgan fingerprint density at radius 1 is 1.58 bits per heavy atom. The smallest absolute Gasteiger partial charge is 0.141 e. The van der Waals surface area contributed by atoms with E-state index in [0.717, 1.165) is 5.56 Å². The van der Waals surface area contributed by atoms with Crippen LogP contribution in [0.2, 0.25) is 0 Å². The molecule has 0 atom stereocenters. The first-order chi connectivity index (χ1) is 5.83. The minimum absolute atomic E-state index is 0.363. The highest BCUT2D eigenvalue weighted by molar-refractivity contribution is 5.54. The number of nitrogens with zero attached hydrogens (tertiary/aromatic N) is 2. The second-order valence-corrected chi connectivity index (χ2v) is 3.05. The number of rotatable bonds is 1. The Balaban J connectivity index is 2.53. The summed E-state index contributed by atoms with van der Waals surface area (Å²) in [4.78, 5) is 3.88. The highest BCUT2D eigenvalue weighted by Gasteiger charge is 2.26. The van der Waals surface area contributed by atoms with Crippen LogP contribution in [0.5, 0.6) is 0 Å². The number of hydrogen-bond donors (Lipinski definition) is 1. The van der Waals surface area contributed by atoms with Gasteiger partial charge >= 0.3 is 0 Å². The third kappa shape index (κ3) is 1.02. The second-order valence-electron chi connectivity index (χ2n) is 3.05. The van der Waals surface area contributed by atoms with Crippen LogP contribution in [-0.4, -0.2) is 4.98 Å². The molecule has 0 saturated heterocycles. The van der Waals surface area contributed by atoms with Crippen molar-refractivity contribution in [1.82, 2.24) is 4.98 Å². The molecule has 60 valence electrons. The molecular formula is C9H9N3. The molecule has 0 aromatic carbocycles. The minimum atomic E-state index is 0.363. The molecule has 2 rings (SSSR count). The van der Waals surface area contributed by atoms with Crippen LogP contribution in [0.25, 0.3) is 0 Å². The molecule has 0 unspecified atom stereocenters. The first-order valence-corrected chi connectivity index (χ1v) is 3.97. The van der Waals surface area contributed by atoms with Crippen molar-refractivity contribution in [2.75, 3.05) is 5.73 Å². The van der Waals surface area contributed by atoms with E-state index in [9.17, 15) is 0 Å². The van der Waals surface area contributed by atoms with E-state index < -0.39 is 0 Å². The van der Waals surface area contributed by atoms with E-state index in [1.54, 1.807) is 6.20 Å². The number of nitriles is 1. The molecule has 1 heterocycles. The fraction of sp³-hybridized carbons (Fsp3) is 0.333. The van der Waals surface area contributed by atoms with Crippen molar-refractivity contribution in [3.63, 3.8) is 0 Å². The molecule has 0 spiro atoms. The highest BCUT2D eigenvalue weighted by Crippen LogP contribution is 2.42. The summed E-state index contributed by atoms with van der Waals surface area (Å²) in [5.41, 5.74) is 7.21. The van der Waals surface area contributed by atoms with Crippen LogP contribution < -0.4 is 5.73 Å². The average Bonchev–Trinajstić information content (AvgIpc) is 2.86. The predicted octanol–water partition coefficient (Wildman–Crippen LogP) is 1.41. The van der Waals surface area contributed by atoms with Crippen molar-refractivity contribution in [3.05, 3.63) is 23.4 Å². The fourth-order valence-electron chi connectivity index (χ4n) is 1.35. The lowest BCUT2D eigenvalue weighted by molar-refractivity contribution is 1.10. The Bertz CT molecular complexity index is 347. The van der Waals surface area contributed by atoms with E-state index in [1.807, 2.05) is 6.07 Å². The zero-order valence-corrected chi connectivity index (χ0v) is 6.62. The Morgan fingerprint density at radius 3 is 2.92 bits per heavy atom. The van der Waals surface area contributed by atoms with Crippen LogP contribution >= 0.6 is 0 Å². The number of nitrogens with two attached hydrogens (primary N) is 1. The zero-order valence-electron chi connectivity index (χ0n) is 6.62. The normalized spacial score (nSPS) is 15.6. The fourth-order valence-corrected chi connectivity index (χ4v) is 1.35. The van der Waals surface area contributed by atoms with Crippen molar-refractivity contribution >= 4 is 5.82 Å². The van der Waals surface area contributed by atoms with Crippen molar-refractivity contribution in [2.45, 2.75) is 18.8 Å². The quantitative estimate of drug-likeness (QED) is 0.673. The summed E-state index contributed by atoms with van der Waals surface area (Å²) in [6.07, 6.45) is 4.03. The summed E-state index contributed by atoms with van der Waals surface area (Å²) in [7, 11) is 0. The van der Waals surface area contributed by atoms with Crippen molar-refractivity contribution in [1.29, 1.82) is 5.26 Å². The Morgan fingerprint density at radius 2 is 2.33 bits per heavy atom. The Hall–Kier alpha value is -1.56. The molecule has 1 aliphatic carbocycles. The number of aromatic nitrogens is 1. The van der Waals surface area contributed by atoms with E-state index in [2.05, 4.69) is 11.1 Å². The van der Waals surface area contributed by atoms with Gasteiger partial charge in [-0.1, -0.05) is 0 Å². The van der Waals surface area contributed by atoms with Gasteiger partial charge in [-0.25, -0.2) is 4.98 Å². The lowest BCUT2D eigenvalue weighted by Gasteiger charge is -2.02. The van der Waals surface area contributed by atoms with E-state index in [1.165, 1.54) is 12.8 Å². The molecule has 12 heavy (non-hydrogen) atoms. The predicted molar refractivity (Wildman–Crippen MR) is 45.3 cm³/mol. The summed E-state index contributed by atoms with van der Waals surface area (Å²) in [5, 5.41) is 8.81. The third-order valence-corrected chi connectivity index (χ3v) is 2.14. The first-order valence-electron chi connectivity index (χ1n) is 3.97. The second kappa shape index (κ2) is 2.49. The third-order valence-electron chi connectivity index (χ3n) is 2.14. The molecule has 0 aliphatic heterocycles. The van der Waals surface area contributed by atoms with E-state index in [0.29, 0.717) is 17.3 Å². The van der Waals surface area contributed by atoms with Gasteiger partial charge in [0.25, 0.3) is 0 Å². The largest absolute Gasteiger partial charge is 0.383 e. The van der Waals surface area contributed by atoms with Gasteiger partial charge in [-0.3, -0.25) is 0 Å². The van der Waals surface area contributed by atoms with Crippen LogP contribution in [0.3, 0.4) is 0 Å². The van der Waals surface area contributed by atoms with Gasteiger partial charge in [0.2, 0.25) is 0 Å². The summed E-state index contributed by atoms with van der Waals surface area (Å²) in [6, 6.07) is 3.99. The Labute approximate surface area is 70.8 Å². The van der Waals surface area contributed by atoms with Crippen molar-refractivity contribution in [2.24, 2.45) is 0 Å². The maximum atomic E-state index is 8.81. The maximum Gasteiger partial charge on any atom is 0.141 e. The molecule has 3 heteroatoms. The number of anilines is 1. The molecule has 2 N–H and O–H groups in total. The van der Waals surface area contributed by atoms with E-state index in [4.69, 9.17) is 11.0 Å². The standard InChI is InChI=1S/C9H9N3/c10-5-8-7(6-1-2-6)3-4-12-9(8)11/h3-4,6H,1-2H2,(H2,11,12). The molecule has 1 saturated carbocycles. The summed E-state index contributed by atoms with van der Waals surface area (Å²) >= 11 is 0. The Kier molecular flexibility index (Phi) is 1.47. The van der Waals surface area contributed by atoms with Gasteiger partial charge in [0.15, 0.2) is 0 Å². The molecule has 0 amide bonds. The van der Waals surface area contributed by atoms with Crippen LogP contribution in [0.1, 0.15) is 29.9 Å². The lowest BCUT2D eigenvalue weighted by Crippen LogP contribution is -1.97. The summed E-state index contributed by atoms with van der Waals surface area (Å²) in [6.45, 7) is 0. The summed E-state index contributed by atoms with van der Waals surface area (Å²) < 4.78 is 0. The molecule has 0 bridgehead atoms. The van der Waals surface area contributed by atoms with Gasteiger partial charge in [-0.15, -0.1) is 0 Å². The van der Waals surface area contributed by atoms with Crippen LogP contribution in [0.15, 0.2) is 12.3 Å². The summed E-state index contributed by atoms with van der Waals surface area (Å²) in [5.74, 6) is 0.923. The number of hydrogen-bond acceptors (Lipinski definition) is 3. The first kappa shape index (κ1) is 7.11. The van der Waals surface area contributed by atoms with Gasteiger partial charge in [0.1, 0.15) is 11.9 Å². The molecule has 1 fully saturated rings. The zero-order chi connectivity index (χ0) is 8.55. The SMILES string of the molecule is N#Cc1c(C2CC2)ccnc1N. The number of pyridine rings is 1. The maximum absolute atomic E-state index is 8.81. The van der Waals surface area contributed by atoms with Gasteiger partial charge in [0, 0.05) is 6.20 Å². The van der Waals surface area contributed by atoms with Gasteiger partial charge < -0.3 is 5.73 Å². The molecule has 1 aromatic rings. The van der Waals surface area contributed by atoms with Crippen molar-refractivity contribution in [3.8, 4) is 6.07 Å². The van der Waals surface area contributed by atoms with Gasteiger partial charge in [0.05, 0.1) is 5.56 Å². The lowest BCUT2D eigenvalue weighted by atomic mass is 10.1. The van der Waals surface area contributed by atoms with E-state index >= 15 is 0 Å². The van der Waals surface area contributed by atoms with Crippen molar-refractivity contribution < 1.29 is 0 Å². The minimum Gasteiger partial charge on any atom is -0.383 e. The average molecular weight is 159 g/mol. The highest BCUT2D eigenvalue weighted by atomic mass is 14.8. The molecule has 1 aliphatic rings. The van der Waals surface area contributed by atoms with E-state index in [-0.39, 0.29) is 0 Å². The molecular weight excluding hydrogens is 150 g/mol. The number of nitrogen functional groups attached to an aromatic ring is 1. The monoisotopic (exact) mass is 159 g/mol. The van der Waals surface area contributed by atoms with Crippen LogP contribution in [-0.2, 0) is 0 Å². The van der Waals surface area contributed by atoms with Crippen LogP contribution in [0.4, 0.5) is 5.82 Å². The van der Waals surface area contributed by atoms with Gasteiger partial charge in [-0.05, 0) is 30.4 Å². The van der Waals surface area contributed by atoms with Crippen LogP contribution in [0, 0.1) is 11.3 Å². The molecule has 3 nitrogen and oxygen atoms in total. The molecule has 1 aromatic heterocycles. The molecule has 0 radical (unpaired) electrons. The topological polar surface area (TPSA) is 62.7 Å². The van der Waals surface area contributed by atoms with Gasteiger partial charge in [-0.2, -0.15) is 5.26 Å².